The molecule has 10 nitrogen and oxygen atoms in total. The van der Waals surface area contributed by atoms with Crippen molar-refractivity contribution in [3.8, 4) is 0 Å². The minimum Gasteiger partial charge on any atom is -0.462 e. The number of methoxy groups -OCH3 is 1. The van der Waals surface area contributed by atoms with Gasteiger partial charge in [-0.05, 0) is 26.2 Å². The van der Waals surface area contributed by atoms with Crippen molar-refractivity contribution in [2.24, 2.45) is 47.2 Å². The number of esters is 1. The zero-order valence-corrected chi connectivity index (χ0v) is 27.5. The molecule has 2 heterocycles. The van der Waals surface area contributed by atoms with E-state index in [0.717, 1.165) is 5.57 Å². The van der Waals surface area contributed by atoms with Gasteiger partial charge in [0.1, 0.15) is 12.2 Å². The second-order valence-electron chi connectivity index (χ2n) is 12.9. The number of nitrogens with two attached hydrogens (primary N) is 1. The summed E-state index contributed by atoms with van der Waals surface area (Å²) in [7, 11) is 1.52. The number of rotatable bonds is 15. The van der Waals surface area contributed by atoms with Gasteiger partial charge >= 0.3 is 12.1 Å². The maximum Gasteiger partial charge on any atom is 0.404 e. The third-order valence-electron chi connectivity index (χ3n) is 9.23. The Morgan fingerprint density at radius 1 is 1.16 bits per heavy atom. The standard InChI is InChI=1S/C34H55NO9/c1-10-11-12-19(3)31(44-34(35)40)23(7)28(36)20(4)15-18(2)16-21(5)29(37)26-14-13-25(42-33(26)41-9)17-27-22(6)30(38)24(8)32(39)43-27/h10-14,16,19-31,33,36-38H,1,15,17H2,2-9H3,(H2,35,40)/b12-11-,18-16-/t19?,20-,21-,22-,23-,24?,25+,26?,27-,28+,29+,30-,31-,33-/m0/s1. The molecule has 2 aliphatic rings. The highest BCUT2D eigenvalue weighted by atomic mass is 16.7. The lowest BCUT2D eigenvalue weighted by atomic mass is 9.81. The second-order valence-corrected chi connectivity index (χ2v) is 12.9. The molecule has 10 heteroatoms. The van der Waals surface area contributed by atoms with Crippen LogP contribution in [0.4, 0.5) is 4.79 Å². The number of carbonyl (C=O) groups is 2. The van der Waals surface area contributed by atoms with Gasteiger partial charge in [0.05, 0.1) is 36.3 Å². The third-order valence-corrected chi connectivity index (χ3v) is 9.23. The number of cyclic esters (lactones) is 1. The minimum atomic E-state index is -0.888. The Morgan fingerprint density at radius 2 is 1.82 bits per heavy atom. The maximum atomic E-state index is 12.1. The van der Waals surface area contributed by atoms with Crippen molar-refractivity contribution in [1.82, 2.24) is 0 Å². The Kier molecular flexibility index (Phi) is 14.8. The Balaban J connectivity index is 2.04. The van der Waals surface area contributed by atoms with Gasteiger partial charge in [-0.1, -0.05) is 83.2 Å². The quantitative estimate of drug-likeness (QED) is 0.119. The van der Waals surface area contributed by atoms with Gasteiger partial charge in [-0.3, -0.25) is 4.79 Å². The predicted molar refractivity (Wildman–Crippen MR) is 168 cm³/mol. The van der Waals surface area contributed by atoms with Gasteiger partial charge in [-0.15, -0.1) is 0 Å². The van der Waals surface area contributed by atoms with E-state index in [1.54, 1.807) is 19.1 Å². The van der Waals surface area contributed by atoms with Crippen LogP contribution in [0, 0.1) is 41.4 Å². The molecule has 3 unspecified atom stereocenters. The third kappa shape index (κ3) is 10.0. The van der Waals surface area contributed by atoms with E-state index in [-0.39, 0.29) is 29.6 Å². The van der Waals surface area contributed by atoms with Gasteiger partial charge in [-0.25, -0.2) is 4.79 Å². The minimum absolute atomic E-state index is 0.164. The summed E-state index contributed by atoms with van der Waals surface area (Å²) < 4.78 is 22.7. The first-order valence-corrected chi connectivity index (χ1v) is 15.7. The molecule has 14 atom stereocenters. The molecule has 44 heavy (non-hydrogen) atoms. The van der Waals surface area contributed by atoms with Gasteiger partial charge in [0.15, 0.2) is 6.29 Å². The molecule has 5 N–H and O–H groups in total. The highest BCUT2D eigenvalue weighted by Crippen LogP contribution is 2.34. The van der Waals surface area contributed by atoms with E-state index >= 15 is 0 Å². The first-order valence-electron chi connectivity index (χ1n) is 15.7. The molecule has 0 spiro atoms. The molecule has 0 saturated carbocycles. The molecule has 0 aromatic rings. The monoisotopic (exact) mass is 621 g/mol. The molecule has 2 rings (SSSR count). The summed E-state index contributed by atoms with van der Waals surface area (Å²) in [5, 5.41) is 32.9. The number of carbonyl (C=O) groups excluding carboxylic acids is 2. The lowest BCUT2D eigenvalue weighted by molar-refractivity contribution is -0.205. The fraction of sp³-hybridized carbons (Fsp3) is 0.706. The van der Waals surface area contributed by atoms with Gasteiger partial charge < -0.3 is 40.0 Å². The summed E-state index contributed by atoms with van der Waals surface area (Å²) in [5.74, 6) is -2.64. The number of aliphatic hydroxyl groups excluding tert-OH is 3. The highest BCUT2D eigenvalue weighted by molar-refractivity contribution is 5.73. The first kappa shape index (κ1) is 37.7. The van der Waals surface area contributed by atoms with Crippen molar-refractivity contribution in [3.05, 3.63) is 48.6 Å². The van der Waals surface area contributed by atoms with Crippen molar-refractivity contribution in [2.45, 2.75) is 104 Å². The van der Waals surface area contributed by atoms with Gasteiger partial charge in [0, 0.05) is 37.2 Å². The first-order chi connectivity index (χ1) is 20.6. The molecule has 2 aliphatic heterocycles. The van der Waals surface area contributed by atoms with E-state index in [2.05, 4.69) is 6.58 Å². The normalized spacial score (nSPS) is 32.7. The van der Waals surface area contributed by atoms with Crippen molar-refractivity contribution in [2.75, 3.05) is 7.11 Å². The Labute approximate surface area is 263 Å². The summed E-state index contributed by atoms with van der Waals surface area (Å²) >= 11 is 0. The molecule has 1 fully saturated rings. The fourth-order valence-electron chi connectivity index (χ4n) is 6.44. The van der Waals surface area contributed by atoms with E-state index in [1.165, 1.54) is 7.11 Å². The van der Waals surface area contributed by atoms with Crippen molar-refractivity contribution < 1.29 is 43.9 Å². The zero-order valence-electron chi connectivity index (χ0n) is 27.5. The summed E-state index contributed by atoms with van der Waals surface area (Å²) in [6.07, 6.45) is 6.46. The van der Waals surface area contributed by atoms with Crippen LogP contribution in [0.1, 0.15) is 61.3 Å². The van der Waals surface area contributed by atoms with E-state index in [1.807, 2.05) is 65.8 Å². The maximum absolute atomic E-state index is 12.1. The van der Waals surface area contributed by atoms with Crippen molar-refractivity contribution >= 4 is 12.1 Å². The average Bonchev–Trinajstić information content (AvgIpc) is 2.98. The summed E-state index contributed by atoms with van der Waals surface area (Å²) in [6, 6.07) is 0. The van der Waals surface area contributed by atoms with Crippen LogP contribution in [-0.4, -0.2) is 77.4 Å². The van der Waals surface area contributed by atoms with Gasteiger partial charge in [-0.2, -0.15) is 0 Å². The van der Waals surface area contributed by atoms with Gasteiger partial charge in [0.2, 0.25) is 0 Å². The molecule has 1 amide bonds. The van der Waals surface area contributed by atoms with Crippen LogP contribution in [0.25, 0.3) is 0 Å². The zero-order chi connectivity index (χ0) is 33.3. The number of hydrogen-bond acceptors (Lipinski definition) is 9. The molecule has 0 aromatic heterocycles. The summed E-state index contributed by atoms with van der Waals surface area (Å²) in [4.78, 5) is 23.7. The van der Waals surface area contributed by atoms with Crippen LogP contribution in [0.5, 0.6) is 0 Å². The molecule has 0 radical (unpaired) electrons. The van der Waals surface area contributed by atoms with Crippen LogP contribution in [0.15, 0.2) is 48.6 Å². The van der Waals surface area contributed by atoms with Crippen LogP contribution < -0.4 is 5.73 Å². The fourth-order valence-corrected chi connectivity index (χ4v) is 6.44. The summed E-state index contributed by atoms with van der Waals surface area (Å²) in [6.45, 7) is 16.7. The highest BCUT2D eigenvalue weighted by Gasteiger charge is 2.43. The number of ether oxygens (including phenoxy) is 4. The molecule has 0 aromatic carbocycles. The van der Waals surface area contributed by atoms with E-state index in [9.17, 15) is 24.9 Å². The van der Waals surface area contributed by atoms with Crippen molar-refractivity contribution in [1.29, 1.82) is 0 Å². The van der Waals surface area contributed by atoms with Crippen LogP contribution in [0.2, 0.25) is 0 Å². The van der Waals surface area contributed by atoms with E-state index in [4.69, 9.17) is 24.7 Å². The number of primary amides is 1. The Bertz CT molecular complexity index is 1040. The molecular formula is C34H55NO9. The molecule has 0 bridgehead atoms. The Hall–Kier alpha value is -2.50. The number of amides is 1. The molecular weight excluding hydrogens is 566 g/mol. The number of allylic oxidation sites excluding steroid dienone is 3. The van der Waals surface area contributed by atoms with E-state index < -0.39 is 66.8 Å². The molecule has 0 aliphatic carbocycles. The lowest BCUT2D eigenvalue weighted by Gasteiger charge is -2.40. The van der Waals surface area contributed by atoms with Crippen LogP contribution in [-0.2, 0) is 23.7 Å². The largest absolute Gasteiger partial charge is 0.462 e. The topological polar surface area (TPSA) is 158 Å². The lowest BCUT2D eigenvalue weighted by Crippen LogP contribution is -2.49. The van der Waals surface area contributed by atoms with E-state index in [0.29, 0.717) is 12.8 Å². The molecule has 1 saturated heterocycles. The summed E-state index contributed by atoms with van der Waals surface area (Å²) in [5.41, 5.74) is 6.32. The second kappa shape index (κ2) is 17.3. The van der Waals surface area contributed by atoms with Crippen molar-refractivity contribution in [3.63, 3.8) is 0 Å². The average molecular weight is 622 g/mol. The molecule has 250 valence electrons. The number of hydrogen-bond donors (Lipinski definition) is 4. The number of aliphatic hydroxyl groups is 3. The van der Waals surface area contributed by atoms with Crippen LogP contribution >= 0.6 is 0 Å². The predicted octanol–water partition coefficient (Wildman–Crippen LogP) is 4.29. The van der Waals surface area contributed by atoms with Gasteiger partial charge in [0.25, 0.3) is 0 Å². The smallest absolute Gasteiger partial charge is 0.404 e. The van der Waals surface area contributed by atoms with Crippen LogP contribution in [0.3, 0.4) is 0 Å². The SMILES string of the molecule is C=C/C=C\C(C)[C@H](OC(N)=O)[C@@H](C)[C@H](O)[C@@H](C)C/C(C)=C\[C@H](C)[C@@H](O)C1C=C[C@H](C[C@@H]2OC(=O)C(C)[C@@H](O)[C@H]2C)O[C@@H]1OC. The Morgan fingerprint density at radius 3 is 2.41 bits per heavy atom.